The van der Waals surface area contributed by atoms with Crippen LogP contribution in [0.25, 0.3) is 0 Å². The summed E-state index contributed by atoms with van der Waals surface area (Å²) in [5.74, 6) is 0. The fourth-order valence-corrected chi connectivity index (χ4v) is 2.86. The second-order valence-electron chi connectivity index (χ2n) is 5.41. The van der Waals surface area contributed by atoms with E-state index in [0.717, 1.165) is 25.0 Å². The second-order valence-corrected chi connectivity index (χ2v) is 5.79. The highest BCUT2D eigenvalue weighted by atomic mass is 32.1. The van der Waals surface area contributed by atoms with E-state index in [9.17, 15) is 13.2 Å². The van der Waals surface area contributed by atoms with E-state index >= 15 is 0 Å². The van der Waals surface area contributed by atoms with Crippen molar-refractivity contribution in [3.8, 4) is 0 Å². The Balaban J connectivity index is 1.95. The minimum absolute atomic E-state index is 0.424. The molecule has 0 spiro atoms. The monoisotopic (exact) mass is 316 g/mol. The van der Waals surface area contributed by atoms with Crippen molar-refractivity contribution < 1.29 is 13.2 Å². The Morgan fingerprint density at radius 1 is 1.14 bits per heavy atom. The van der Waals surface area contributed by atoms with Crippen molar-refractivity contribution in [3.05, 3.63) is 29.8 Å². The lowest BCUT2D eigenvalue weighted by molar-refractivity contribution is -0.137. The van der Waals surface area contributed by atoms with Crippen molar-refractivity contribution in [2.75, 3.05) is 12.4 Å². The summed E-state index contributed by atoms with van der Waals surface area (Å²) in [4.78, 5) is 2.02. The number of alkyl halides is 3. The van der Waals surface area contributed by atoms with Crippen LogP contribution in [0, 0.1) is 0 Å². The summed E-state index contributed by atoms with van der Waals surface area (Å²) < 4.78 is 37.5. The summed E-state index contributed by atoms with van der Waals surface area (Å²) >= 11 is 5.34. The van der Waals surface area contributed by atoms with Crippen molar-refractivity contribution in [2.45, 2.75) is 44.3 Å². The number of nitrogens with zero attached hydrogens (tertiary/aromatic N) is 1. The van der Waals surface area contributed by atoms with Gasteiger partial charge in [-0.15, -0.1) is 0 Å². The molecule has 1 saturated carbocycles. The van der Waals surface area contributed by atoms with Crippen LogP contribution in [0.2, 0.25) is 0 Å². The van der Waals surface area contributed by atoms with Crippen LogP contribution < -0.4 is 5.32 Å². The summed E-state index contributed by atoms with van der Waals surface area (Å²) in [6.45, 7) is 0. The van der Waals surface area contributed by atoms with Crippen LogP contribution >= 0.6 is 12.2 Å². The van der Waals surface area contributed by atoms with Gasteiger partial charge in [0.15, 0.2) is 5.11 Å². The molecule has 0 unspecified atom stereocenters. The number of hydrogen-bond acceptors (Lipinski definition) is 1. The van der Waals surface area contributed by atoms with Gasteiger partial charge < -0.3 is 10.2 Å². The first-order chi connectivity index (χ1) is 9.88. The average Bonchev–Trinajstić information content (AvgIpc) is 2.47. The molecule has 1 aliphatic carbocycles. The van der Waals surface area contributed by atoms with E-state index in [1.807, 2.05) is 11.9 Å². The van der Waals surface area contributed by atoms with Crippen LogP contribution in [0.3, 0.4) is 0 Å². The van der Waals surface area contributed by atoms with Gasteiger partial charge in [0, 0.05) is 18.8 Å². The molecule has 0 aromatic heterocycles. The van der Waals surface area contributed by atoms with Gasteiger partial charge in [0.1, 0.15) is 0 Å². The second kappa shape index (κ2) is 6.64. The highest BCUT2D eigenvalue weighted by molar-refractivity contribution is 7.80. The summed E-state index contributed by atoms with van der Waals surface area (Å²) in [5.41, 5.74) is -0.0738. The van der Waals surface area contributed by atoms with Crippen LogP contribution in [-0.2, 0) is 6.18 Å². The average molecular weight is 316 g/mol. The van der Waals surface area contributed by atoms with E-state index in [1.54, 1.807) is 0 Å². The Kier molecular flexibility index (Phi) is 5.08. The first-order valence-corrected chi connectivity index (χ1v) is 7.50. The lowest BCUT2D eigenvalue weighted by atomic mass is 9.95. The summed E-state index contributed by atoms with van der Waals surface area (Å²) in [7, 11) is 1.94. The molecular weight excluding hydrogens is 297 g/mol. The maximum absolute atomic E-state index is 12.5. The quantitative estimate of drug-likeness (QED) is 0.798. The number of benzene rings is 1. The number of hydrogen-bond donors (Lipinski definition) is 1. The van der Waals surface area contributed by atoms with Crippen molar-refractivity contribution in [1.29, 1.82) is 0 Å². The number of anilines is 1. The SMILES string of the molecule is CN(C(=S)Nc1ccc(C(F)(F)F)cc1)C1CCCCC1. The summed E-state index contributed by atoms with van der Waals surface area (Å²) in [6.07, 6.45) is 1.60. The van der Waals surface area contributed by atoms with Gasteiger partial charge in [-0.25, -0.2) is 0 Å². The molecule has 0 aliphatic heterocycles. The third-order valence-corrected chi connectivity index (χ3v) is 4.30. The maximum atomic E-state index is 12.5. The Morgan fingerprint density at radius 3 is 2.24 bits per heavy atom. The molecule has 0 bridgehead atoms. The number of thiocarbonyl (C=S) groups is 1. The molecule has 0 radical (unpaired) electrons. The van der Waals surface area contributed by atoms with E-state index < -0.39 is 11.7 Å². The number of halogens is 3. The molecule has 1 fully saturated rings. The molecule has 21 heavy (non-hydrogen) atoms. The van der Waals surface area contributed by atoms with Crippen molar-refractivity contribution >= 4 is 23.0 Å². The summed E-state index contributed by atoms with van der Waals surface area (Å²) in [6, 6.07) is 5.36. The molecule has 2 nitrogen and oxygen atoms in total. The molecular formula is C15H19F3N2S. The van der Waals surface area contributed by atoms with Gasteiger partial charge in [0.25, 0.3) is 0 Å². The Hall–Kier alpha value is -1.30. The van der Waals surface area contributed by atoms with E-state index in [0.29, 0.717) is 16.8 Å². The zero-order valence-corrected chi connectivity index (χ0v) is 12.7. The predicted octanol–water partition coefficient (Wildman–Crippen LogP) is 4.67. The van der Waals surface area contributed by atoms with Gasteiger partial charge in [-0.3, -0.25) is 0 Å². The first-order valence-electron chi connectivity index (χ1n) is 7.09. The topological polar surface area (TPSA) is 15.3 Å². The highest BCUT2D eigenvalue weighted by Gasteiger charge is 2.30. The number of rotatable bonds is 2. The van der Waals surface area contributed by atoms with Crippen LogP contribution in [0.15, 0.2) is 24.3 Å². The van der Waals surface area contributed by atoms with Crippen LogP contribution in [0.5, 0.6) is 0 Å². The van der Waals surface area contributed by atoms with Gasteiger partial charge >= 0.3 is 6.18 Å². The van der Waals surface area contributed by atoms with Gasteiger partial charge in [0.2, 0.25) is 0 Å². The summed E-state index contributed by atoms with van der Waals surface area (Å²) in [5, 5.41) is 3.56. The smallest absolute Gasteiger partial charge is 0.349 e. The Bertz CT molecular complexity index is 479. The fraction of sp³-hybridized carbons (Fsp3) is 0.533. The fourth-order valence-electron chi connectivity index (χ4n) is 2.59. The third kappa shape index (κ3) is 4.33. The van der Waals surface area contributed by atoms with Crippen molar-refractivity contribution in [3.63, 3.8) is 0 Å². The molecule has 0 saturated heterocycles. The van der Waals surface area contributed by atoms with E-state index in [4.69, 9.17) is 12.2 Å². The zero-order chi connectivity index (χ0) is 15.5. The van der Waals surface area contributed by atoms with Gasteiger partial charge in [-0.2, -0.15) is 13.2 Å². The molecule has 1 aliphatic rings. The highest BCUT2D eigenvalue weighted by Crippen LogP contribution is 2.30. The van der Waals surface area contributed by atoms with Crippen LogP contribution in [0.1, 0.15) is 37.7 Å². The molecule has 1 aromatic rings. The van der Waals surface area contributed by atoms with Crippen molar-refractivity contribution in [1.82, 2.24) is 4.90 Å². The lowest BCUT2D eigenvalue weighted by Crippen LogP contribution is -2.40. The Labute approximate surface area is 128 Å². The molecule has 1 aromatic carbocycles. The normalized spacial score (nSPS) is 16.6. The Morgan fingerprint density at radius 2 is 1.71 bits per heavy atom. The van der Waals surface area contributed by atoms with Gasteiger partial charge in [0.05, 0.1) is 5.56 Å². The number of nitrogens with one attached hydrogen (secondary N) is 1. The van der Waals surface area contributed by atoms with Gasteiger partial charge in [-0.1, -0.05) is 19.3 Å². The van der Waals surface area contributed by atoms with Crippen molar-refractivity contribution in [2.24, 2.45) is 0 Å². The van der Waals surface area contributed by atoms with Crippen LogP contribution in [-0.4, -0.2) is 23.1 Å². The lowest BCUT2D eigenvalue weighted by Gasteiger charge is -2.33. The molecule has 116 valence electrons. The van der Waals surface area contributed by atoms with E-state index in [2.05, 4.69) is 5.32 Å². The van der Waals surface area contributed by atoms with E-state index in [-0.39, 0.29) is 0 Å². The molecule has 2 rings (SSSR count). The standard InChI is InChI=1S/C15H19F3N2S/c1-20(13-5-3-2-4-6-13)14(21)19-12-9-7-11(8-10-12)15(16,17)18/h7-10,13H,2-6H2,1H3,(H,19,21). The van der Waals surface area contributed by atoms with Crippen LogP contribution in [0.4, 0.5) is 18.9 Å². The predicted molar refractivity (Wildman–Crippen MR) is 82.3 cm³/mol. The molecule has 0 heterocycles. The third-order valence-electron chi connectivity index (χ3n) is 3.91. The first kappa shape index (κ1) is 16.1. The molecule has 0 atom stereocenters. The molecule has 6 heteroatoms. The minimum Gasteiger partial charge on any atom is -0.349 e. The molecule has 0 amide bonds. The maximum Gasteiger partial charge on any atom is 0.416 e. The largest absolute Gasteiger partial charge is 0.416 e. The molecule has 1 N–H and O–H groups in total. The van der Waals surface area contributed by atoms with E-state index in [1.165, 1.54) is 31.4 Å². The minimum atomic E-state index is -4.31. The zero-order valence-electron chi connectivity index (χ0n) is 11.9. The van der Waals surface area contributed by atoms with Gasteiger partial charge in [-0.05, 0) is 49.3 Å².